The minimum absolute atomic E-state index is 0.0475. The number of fused-ring (bicyclic) bond motifs is 1. The number of β-lactam (4-membered cyclic amide) rings is 1. The molecule has 1 fully saturated rings. The Labute approximate surface area is 63.1 Å². The summed E-state index contributed by atoms with van der Waals surface area (Å²) in [4.78, 5) is 22.5. The summed E-state index contributed by atoms with van der Waals surface area (Å²) in [5, 5.41) is 10.4. The number of hydrogen-bond donors (Lipinski definition) is 0. The lowest BCUT2D eigenvalue weighted by atomic mass is 10.0. The van der Waals surface area contributed by atoms with Gasteiger partial charge in [-0.3, -0.25) is 4.79 Å². The van der Waals surface area contributed by atoms with Crippen LogP contribution in [0.2, 0.25) is 0 Å². The van der Waals surface area contributed by atoms with Crippen LogP contribution in [0.4, 0.5) is 0 Å². The van der Waals surface area contributed by atoms with Crippen molar-refractivity contribution in [3.63, 3.8) is 0 Å². The average Bonchev–Trinajstić information content (AvgIpc) is 2.25. The highest BCUT2D eigenvalue weighted by atomic mass is 16.4. The zero-order valence-corrected chi connectivity index (χ0v) is 5.74. The molecular formula is C7H6NO3-. The molecule has 0 saturated carbocycles. The summed E-state index contributed by atoms with van der Waals surface area (Å²) in [6, 6.07) is 0.107. The van der Waals surface area contributed by atoms with Crippen molar-refractivity contribution in [2.45, 2.75) is 18.9 Å². The second-order valence-electron chi connectivity index (χ2n) is 2.73. The molecule has 0 spiro atoms. The Hall–Kier alpha value is -1.32. The molecular weight excluding hydrogens is 146 g/mol. The highest BCUT2D eigenvalue weighted by Gasteiger charge is 2.41. The Morgan fingerprint density at radius 3 is 2.91 bits per heavy atom. The maximum absolute atomic E-state index is 10.8. The van der Waals surface area contributed by atoms with Crippen LogP contribution in [0.3, 0.4) is 0 Å². The lowest BCUT2D eigenvalue weighted by molar-refractivity contribution is -0.301. The molecule has 0 aromatic rings. The third-order valence-electron chi connectivity index (χ3n) is 2.10. The third kappa shape index (κ3) is 0.691. The first kappa shape index (κ1) is 6.39. The first-order chi connectivity index (χ1) is 5.20. The van der Waals surface area contributed by atoms with Crippen molar-refractivity contribution in [1.82, 2.24) is 4.90 Å². The van der Waals surface area contributed by atoms with E-state index in [-0.39, 0.29) is 17.6 Å². The molecule has 1 saturated heterocycles. The van der Waals surface area contributed by atoms with Gasteiger partial charge in [-0.25, -0.2) is 0 Å². The Kier molecular flexibility index (Phi) is 1.07. The van der Waals surface area contributed by atoms with Crippen LogP contribution < -0.4 is 5.11 Å². The topological polar surface area (TPSA) is 60.4 Å². The van der Waals surface area contributed by atoms with Crippen LogP contribution in [0, 0.1) is 0 Å². The van der Waals surface area contributed by atoms with Gasteiger partial charge in [0.25, 0.3) is 0 Å². The van der Waals surface area contributed by atoms with E-state index in [1.807, 2.05) is 0 Å². The molecule has 11 heavy (non-hydrogen) atoms. The Morgan fingerprint density at radius 1 is 1.73 bits per heavy atom. The maximum atomic E-state index is 10.8. The Balaban J connectivity index is 2.24. The van der Waals surface area contributed by atoms with Crippen molar-refractivity contribution < 1.29 is 14.7 Å². The fourth-order valence-corrected chi connectivity index (χ4v) is 1.53. The molecule has 0 radical (unpaired) electrons. The summed E-state index contributed by atoms with van der Waals surface area (Å²) in [5.41, 5.74) is 0.0475. The van der Waals surface area contributed by atoms with Gasteiger partial charge in [0.05, 0.1) is 11.7 Å². The van der Waals surface area contributed by atoms with E-state index in [0.29, 0.717) is 12.8 Å². The molecule has 0 aliphatic carbocycles. The molecule has 2 heterocycles. The fourth-order valence-electron chi connectivity index (χ4n) is 1.53. The number of carbonyl (C=O) groups excluding carboxylic acids is 2. The van der Waals surface area contributed by atoms with E-state index in [2.05, 4.69) is 0 Å². The quantitative estimate of drug-likeness (QED) is 0.435. The van der Waals surface area contributed by atoms with Gasteiger partial charge in [0.1, 0.15) is 0 Å². The highest BCUT2D eigenvalue weighted by Crippen LogP contribution is 2.32. The van der Waals surface area contributed by atoms with Gasteiger partial charge in [-0.15, -0.1) is 0 Å². The van der Waals surface area contributed by atoms with Crippen LogP contribution in [-0.4, -0.2) is 22.8 Å². The van der Waals surface area contributed by atoms with Gasteiger partial charge in [0.2, 0.25) is 5.91 Å². The number of aliphatic carboxylic acids is 1. The monoisotopic (exact) mass is 152 g/mol. The molecule has 1 unspecified atom stereocenters. The first-order valence-corrected chi connectivity index (χ1v) is 3.43. The molecule has 0 aromatic carbocycles. The number of amides is 1. The number of nitrogens with zero attached hydrogens (tertiary/aromatic N) is 1. The largest absolute Gasteiger partial charge is 0.543 e. The van der Waals surface area contributed by atoms with E-state index in [1.54, 1.807) is 6.08 Å². The van der Waals surface area contributed by atoms with Gasteiger partial charge in [-0.05, 0) is 6.42 Å². The predicted octanol–water partition coefficient (Wildman–Crippen LogP) is -1.38. The van der Waals surface area contributed by atoms with Gasteiger partial charge >= 0.3 is 0 Å². The lowest BCUT2D eigenvalue weighted by Gasteiger charge is -2.36. The molecule has 2 aliphatic heterocycles. The molecule has 1 atom stereocenters. The number of carboxylic acid groups (broad SMARTS) is 1. The second-order valence-corrected chi connectivity index (χ2v) is 2.73. The van der Waals surface area contributed by atoms with Crippen molar-refractivity contribution >= 4 is 11.9 Å². The van der Waals surface area contributed by atoms with E-state index < -0.39 is 5.97 Å². The normalized spacial score (nSPS) is 27.6. The van der Waals surface area contributed by atoms with Crippen molar-refractivity contribution in [2.75, 3.05) is 0 Å². The zero-order chi connectivity index (χ0) is 8.01. The van der Waals surface area contributed by atoms with Crippen molar-refractivity contribution in [3.8, 4) is 0 Å². The predicted molar refractivity (Wildman–Crippen MR) is 33.0 cm³/mol. The van der Waals surface area contributed by atoms with Gasteiger partial charge in [0, 0.05) is 12.5 Å². The van der Waals surface area contributed by atoms with Crippen molar-refractivity contribution in [1.29, 1.82) is 0 Å². The van der Waals surface area contributed by atoms with Crippen LogP contribution in [0.1, 0.15) is 12.8 Å². The van der Waals surface area contributed by atoms with Crippen LogP contribution in [-0.2, 0) is 9.59 Å². The summed E-state index contributed by atoms with van der Waals surface area (Å²) in [5.74, 6) is -1.36. The smallest absolute Gasteiger partial charge is 0.229 e. The number of rotatable bonds is 1. The summed E-state index contributed by atoms with van der Waals surface area (Å²) in [6.45, 7) is 0. The third-order valence-corrected chi connectivity index (χ3v) is 2.10. The zero-order valence-electron chi connectivity index (χ0n) is 5.74. The second kappa shape index (κ2) is 1.84. The van der Waals surface area contributed by atoms with Crippen LogP contribution in [0.15, 0.2) is 11.8 Å². The van der Waals surface area contributed by atoms with E-state index in [1.165, 1.54) is 4.90 Å². The fraction of sp³-hybridized carbons (Fsp3) is 0.429. The van der Waals surface area contributed by atoms with E-state index in [9.17, 15) is 14.7 Å². The lowest BCUT2D eigenvalue weighted by Crippen LogP contribution is -2.51. The number of carbonyl (C=O) groups is 2. The van der Waals surface area contributed by atoms with E-state index in [0.717, 1.165) is 0 Å². The molecule has 2 rings (SSSR count). The number of hydrogen-bond acceptors (Lipinski definition) is 3. The highest BCUT2D eigenvalue weighted by molar-refractivity contribution is 5.96. The molecule has 58 valence electrons. The van der Waals surface area contributed by atoms with Gasteiger partial charge in [0.15, 0.2) is 0 Å². The summed E-state index contributed by atoms with van der Waals surface area (Å²) >= 11 is 0. The Morgan fingerprint density at radius 2 is 2.45 bits per heavy atom. The minimum Gasteiger partial charge on any atom is -0.543 e. The first-order valence-electron chi connectivity index (χ1n) is 3.43. The molecule has 1 amide bonds. The van der Waals surface area contributed by atoms with Gasteiger partial charge in [-0.1, -0.05) is 6.08 Å². The molecule has 2 aliphatic rings. The molecule has 4 nitrogen and oxygen atoms in total. The number of carboxylic acids is 1. The van der Waals surface area contributed by atoms with Gasteiger partial charge < -0.3 is 14.8 Å². The van der Waals surface area contributed by atoms with Crippen LogP contribution in [0.25, 0.3) is 0 Å². The van der Waals surface area contributed by atoms with E-state index in [4.69, 9.17) is 0 Å². The molecule has 0 bridgehead atoms. The average molecular weight is 152 g/mol. The SMILES string of the molecule is O=C([O-])C1=CCC2CC(=O)N12. The molecule has 0 aromatic heterocycles. The summed E-state index contributed by atoms with van der Waals surface area (Å²) < 4.78 is 0. The molecule has 4 heteroatoms. The van der Waals surface area contributed by atoms with Crippen molar-refractivity contribution in [3.05, 3.63) is 11.8 Å². The van der Waals surface area contributed by atoms with Gasteiger partial charge in [-0.2, -0.15) is 0 Å². The van der Waals surface area contributed by atoms with Crippen LogP contribution >= 0.6 is 0 Å². The summed E-state index contributed by atoms with van der Waals surface area (Å²) in [7, 11) is 0. The Bertz CT molecular complexity index is 269. The van der Waals surface area contributed by atoms with E-state index >= 15 is 0 Å². The van der Waals surface area contributed by atoms with Crippen LogP contribution in [0.5, 0.6) is 0 Å². The molecule has 0 N–H and O–H groups in total. The summed E-state index contributed by atoms with van der Waals surface area (Å²) in [6.07, 6.45) is 2.69. The minimum atomic E-state index is -1.25. The maximum Gasteiger partial charge on any atom is 0.229 e. The van der Waals surface area contributed by atoms with Crippen molar-refractivity contribution in [2.24, 2.45) is 0 Å². The standard InChI is InChI=1S/C7H7NO3/c9-6-3-4-1-2-5(7(10)11)8(4)6/h2,4H,1,3H2,(H,10,11)/p-1.